The molecular weight excluding hydrogens is 148 g/mol. The van der Waals surface area contributed by atoms with Crippen molar-refractivity contribution in [3.8, 4) is 0 Å². The van der Waals surface area contributed by atoms with Crippen molar-refractivity contribution in [2.45, 2.75) is 51.4 Å². The molecule has 0 bridgehead atoms. The molecule has 0 heterocycles. The molecule has 1 heteroatoms. The van der Waals surface area contributed by atoms with E-state index in [2.05, 4.69) is 0 Å². The number of Topliss-reactive ketones (excluding diaryl/α,β-unsaturated/α-hetero) is 1. The van der Waals surface area contributed by atoms with E-state index < -0.39 is 0 Å². The maximum atomic E-state index is 11.7. The lowest BCUT2D eigenvalue weighted by atomic mass is 9.45. The molecule has 3 rings (SSSR count). The second-order valence-electron chi connectivity index (χ2n) is 5.02. The van der Waals surface area contributed by atoms with E-state index in [0.717, 1.165) is 6.42 Å². The van der Waals surface area contributed by atoms with Gasteiger partial charge in [0, 0.05) is 11.8 Å². The normalized spacial score (nSPS) is 51.2. The van der Waals surface area contributed by atoms with E-state index in [1.165, 1.54) is 44.9 Å². The molecule has 0 saturated heterocycles. The molecule has 66 valence electrons. The maximum absolute atomic E-state index is 11.7. The summed E-state index contributed by atoms with van der Waals surface area (Å²) in [6, 6.07) is 0. The van der Waals surface area contributed by atoms with Gasteiger partial charge < -0.3 is 0 Å². The van der Waals surface area contributed by atoms with Crippen LogP contribution in [0.15, 0.2) is 0 Å². The average molecular weight is 164 g/mol. The van der Waals surface area contributed by atoms with E-state index in [4.69, 9.17) is 0 Å². The van der Waals surface area contributed by atoms with Gasteiger partial charge in [-0.1, -0.05) is 19.3 Å². The van der Waals surface area contributed by atoms with E-state index in [-0.39, 0.29) is 5.41 Å². The van der Waals surface area contributed by atoms with Gasteiger partial charge in [-0.25, -0.2) is 0 Å². The summed E-state index contributed by atoms with van der Waals surface area (Å²) in [6.07, 6.45) is 10.1. The van der Waals surface area contributed by atoms with Crippen molar-refractivity contribution in [3.63, 3.8) is 0 Å². The average Bonchev–Trinajstić information content (AvgIpc) is 2.38. The first-order valence-electron chi connectivity index (χ1n) is 5.33. The van der Waals surface area contributed by atoms with Crippen LogP contribution >= 0.6 is 0 Å². The van der Waals surface area contributed by atoms with Gasteiger partial charge in [-0.05, 0) is 31.1 Å². The van der Waals surface area contributed by atoms with E-state index in [9.17, 15) is 4.79 Å². The van der Waals surface area contributed by atoms with Gasteiger partial charge in [0.1, 0.15) is 5.78 Å². The first kappa shape index (κ1) is 7.11. The molecule has 0 amide bonds. The minimum absolute atomic E-state index is 0.227. The summed E-state index contributed by atoms with van der Waals surface area (Å²) in [5, 5.41) is 0. The number of carbonyl (C=O) groups is 1. The molecule has 0 aromatic heterocycles. The summed E-state index contributed by atoms with van der Waals surface area (Å²) in [7, 11) is 0. The smallest absolute Gasteiger partial charge is 0.140 e. The van der Waals surface area contributed by atoms with Gasteiger partial charge in [-0.15, -0.1) is 0 Å². The molecule has 12 heavy (non-hydrogen) atoms. The Labute approximate surface area is 73.5 Å². The van der Waals surface area contributed by atoms with Crippen molar-refractivity contribution in [2.75, 3.05) is 0 Å². The molecule has 0 aliphatic heterocycles. The molecule has 0 spiro atoms. The SMILES string of the molecule is O=C1C[C@@]23CCCC[C@@]12CCC3. The molecule has 0 N–H and O–H groups in total. The zero-order chi connectivity index (χ0) is 8.23. The highest BCUT2D eigenvalue weighted by atomic mass is 16.1. The molecule has 2 atom stereocenters. The van der Waals surface area contributed by atoms with Crippen LogP contribution in [0, 0.1) is 10.8 Å². The monoisotopic (exact) mass is 164 g/mol. The lowest BCUT2D eigenvalue weighted by Gasteiger charge is -2.57. The van der Waals surface area contributed by atoms with E-state index >= 15 is 0 Å². The predicted molar refractivity (Wildman–Crippen MR) is 46.8 cm³/mol. The molecule has 0 unspecified atom stereocenters. The summed E-state index contributed by atoms with van der Waals surface area (Å²) in [5.41, 5.74) is 0.758. The van der Waals surface area contributed by atoms with Gasteiger partial charge >= 0.3 is 0 Å². The Balaban J connectivity index is 2.03. The van der Waals surface area contributed by atoms with Crippen LogP contribution in [-0.4, -0.2) is 5.78 Å². The van der Waals surface area contributed by atoms with Crippen LogP contribution in [-0.2, 0) is 4.79 Å². The highest BCUT2D eigenvalue weighted by Crippen LogP contribution is 2.70. The van der Waals surface area contributed by atoms with Crippen LogP contribution in [0.25, 0.3) is 0 Å². The van der Waals surface area contributed by atoms with E-state index in [0.29, 0.717) is 11.2 Å². The van der Waals surface area contributed by atoms with Crippen LogP contribution in [0.5, 0.6) is 0 Å². The van der Waals surface area contributed by atoms with Crippen LogP contribution in [0.4, 0.5) is 0 Å². The van der Waals surface area contributed by atoms with Gasteiger partial charge in [0.2, 0.25) is 0 Å². The summed E-state index contributed by atoms with van der Waals surface area (Å²) in [6.45, 7) is 0. The van der Waals surface area contributed by atoms with Crippen molar-refractivity contribution in [1.29, 1.82) is 0 Å². The Hall–Kier alpha value is -0.330. The fourth-order valence-electron chi connectivity index (χ4n) is 4.17. The Morgan fingerprint density at radius 3 is 2.33 bits per heavy atom. The van der Waals surface area contributed by atoms with Gasteiger partial charge in [0.15, 0.2) is 0 Å². The summed E-state index contributed by atoms with van der Waals surface area (Å²) in [5.74, 6) is 0.611. The van der Waals surface area contributed by atoms with Gasteiger partial charge in [-0.3, -0.25) is 4.79 Å². The first-order valence-corrected chi connectivity index (χ1v) is 5.33. The molecule has 0 aromatic carbocycles. The van der Waals surface area contributed by atoms with Gasteiger partial charge in [0.25, 0.3) is 0 Å². The third-order valence-corrected chi connectivity index (χ3v) is 4.82. The molecule has 3 saturated carbocycles. The molecule has 3 aliphatic rings. The third kappa shape index (κ3) is 0.541. The Morgan fingerprint density at radius 1 is 0.917 bits per heavy atom. The molecule has 0 aromatic rings. The number of rotatable bonds is 0. The lowest BCUT2D eigenvalue weighted by molar-refractivity contribution is -0.162. The zero-order valence-corrected chi connectivity index (χ0v) is 7.57. The second-order valence-corrected chi connectivity index (χ2v) is 5.02. The van der Waals surface area contributed by atoms with Crippen LogP contribution in [0.2, 0.25) is 0 Å². The zero-order valence-electron chi connectivity index (χ0n) is 7.57. The molecule has 1 nitrogen and oxygen atoms in total. The van der Waals surface area contributed by atoms with E-state index in [1.807, 2.05) is 0 Å². The Bertz CT molecular complexity index is 245. The largest absolute Gasteiger partial charge is 0.299 e. The quantitative estimate of drug-likeness (QED) is 0.538. The Kier molecular flexibility index (Phi) is 1.15. The maximum Gasteiger partial charge on any atom is 0.140 e. The highest BCUT2D eigenvalue weighted by molar-refractivity contribution is 5.93. The second kappa shape index (κ2) is 1.94. The Morgan fingerprint density at radius 2 is 1.58 bits per heavy atom. The predicted octanol–water partition coefficient (Wildman–Crippen LogP) is 2.69. The summed E-state index contributed by atoms with van der Waals surface area (Å²) < 4.78 is 0. The van der Waals surface area contributed by atoms with Crippen molar-refractivity contribution in [2.24, 2.45) is 10.8 Å². The first-order chi connectivity index (χ1) is 5.79. The summed E-state index contributed by atoms with van der Waals surface area (Å²) in [4.78, 5) is 11.7. The van der Waals surface area contributed by atoms with Crippen LogP contribution in [0.1, 0.15) is 51.4 Å². The lowest BCUT2D eigenvalue weighted by Crippen LogP contribution is -2.57. The minimum atomic E-state index is 0.227. The molecule has 3 fully saturated rings. The van der Waals surface area contributed by atoms with Crippen molar-refractivity contribution < 1.29 is 4.79 Å². The fourth-order valence-corrected chi connectivity index (χ4v) is 4.17. The number of ketones is 1. The molecular formula is C11H16O. The third-order valence-electron chi connectivity index (χ3n) is 4.82. The number of carbonyl (C=O) groups excluding carboxylic acids is 1. The minimum Gasteiger partial charge on any atom is -0.299 e. The highest BCUT2D eigenvalue weighted by Gasteiger charge is 2.67. The van der Waals surface area contributed by atoms with Crippen LogP contribution in [0.3, 0.4) is 0 Å². The van der Waals surface area contributed by atoms with Gasteiger partial charge in [0.05, 0.1) is 0 Å². The number of hydrogen-bond acceptors (Lipinski definition) is 1. The fraction of sp³-hybridized carbons (Fsp3) is 0.909. The van der Waals surface area contributed by atoms with Crippen molar-refractivity contribution in [3.05, 3.63) is 0 Å². The summed E-state index contributed by atoms with van der Waals surface area (Å²) >= 11 is 0. The topological polar surface area (TPSA) is 17.1 Å². The molecule has 3 aliphatic carbocycles. The van der Waals surface area contributed by atoms with E-state index in [1.54, 1.807) is 0 Å². The van der Waals surface area contributed by atoms with Crippen molar-refractivity contribution in [1.82, 2.24) is 0 Å². The molecule has 0 radical (unpaired) electrons. The van der Waals surface area contributed by atoms with Crippen LogP contribution < -0.4 is 0 Å². The number of hydrogen-bond donors (Lipinski definition) is 0. The standard InChI is InChI=1S/C11H16O/c12-9-8-10-4-1-2-6-11(9,10)7-3-5-10/h1-8H2/t10-,11+/m0/s1. The van der Waals surface area contributed by atoms with Crippen molar-refractivity contribution >= 4 is 5.78 Å². The van der Waals surface area contributed by atoms with Gasteiger partial charge in [-0.2, -0.15) is 0 Å².